The maximum atomic E-state index is 5.30. The van der Waals surface area contributed by atoms with Crippen molar-refractivity contribution < 1.29 is 18.9 Å². The second-order valence-corrected chi connectivity index (χ2v) is 4.79. The number of ether oxygens (including phenoxy) is 4. The lowest BCUT2D eigenvalue weighted by Gasteiger charge is -2.37. The SMILES string of the molecule is COc1cc(C2(S)COC2)cc(OC)c1OC. The lowest BCUT2D eigenvalue weighted by atomic mass is 9.95. The Morgan fingerprint density at radius 2 is 1.59 bits per heavy atom. The quantitative estimate of drug-likeness (QED) is 0.834. The van der Waals surface area contributed by atoms with Crippen molar-refractivity contribution in [2.75, 3.05) is 34.5 Å². The Morgan fingerprint density at radius 3 is 1.88 bits per heavy atom. The molecule has 5 heteroatoms. The molecule has 2 rings (SSSR count). The zero-order chi connectivity index (χ0) is 12.5. The van der Waals surface area contributed by atoms with Gasteiger partial charge in [-0.15, -0.1) is 0 Å². The summed E-state index contributed by atoms with van der Waals surface area (Å²) in [5.74, 6) is 1.88. The number of benzene rings is 1. The largest absolute Gasteiger partial charge is 0.493 e. The fourth-order valence-electron chi connectivity index (χ4n) is 1.81. The molecule has 0 saturated carbocycles. The molecular formula is C12H16O4S. The van der Waals surface area contributed by atoms with Crippen LogP contribution >= 0.6 is 12.6 Å². The van der Waals surface area contributed by atoms with Crippen molar-refractivity contribution in [3.63, 3.8) is 0 Å². The Bertz CT molecular complexity index is 390. The van der Waals surface area contributed by atoms with Crippen LogP contribution in [0.5, 0.6) is 17.2 Å². The molecule has 1 aliphatic heterocycles. The van der Waals surface area contributed by atoms with Crippen LogP contribution in [0, 0.1) is 0 Å². The van der Waals surface area contributed by atoms with Gasteiger partial charge in [0.25, 0.3) is 0 Å². The van der Waals surface area contributed by atoms with Crippen LogP contribution in [-0.4, -0.2) is 34.5 Å². The van der Waals surface area contributed by atoms with E-state index in [9.17, 15) is 0 Å². The predicted molar refractivity (Wildman–Crippen MR) is 67.6 cm³/mol. The number of hydrogen-bond acceptors (Lipinski definition) is 5. The molecule has 4 nitrogen and oxygen atoms in total. The molecule has 1 aromatic rings. The van der Waals surface area contributed by atoms with Crippen LogP contribution in [-0.2, 0) is 9.48 Å². The third kappa shape index (κ3) is 2.05. The van der Waals surface area contributed by atoms with Crippen LogP contribution in [0.25, 0.3) is 0 Å². The lowest BCUT2D eigenvalue weighted by Crippen LogP contribution is -2.41. The molecule has 17 heavy (non-hydrogen) atoms. The van der Waals surface area contributed by atoms with Crippen LogP contribution in [0.4, 0.5) is 0 Å². The molecule has 0 N–H and O–H groups in total. The Morgan fingerprint density at radius 1 is 1.06 bits per heavy atom. The predicted octanol–water partition coefficient (Wildman–Crippen LogP) is 1.87. The molecule has 0 aromatic heterocycles. The van der Waals surface area contributed by atoms with Gasteiger partial charge in [-0.2, -0.15) is 12.6 Å². The molecule has 1 heterocycles. The van der Waals surface area contributed by atoms with Gasteiger partial charge in [0, 0.05) is 0 Å². The van der Waals surface area contributed by atoms with Gasteiger partial charge in [-0.3, -0.25) is 0 Å². The van der Waals surface area contributed by atoms with Gasteiger partial charge in [-0.1, -0.05) is 0 Å². The zero-order valence-electron chi connectivity index (χ0n) is 10.1. The summed E-state index contributed by atoms with van der Waals surface area (Å²) in [6.07, 6.45) is 0. The highest BCUT2D eigenvalue weighted by Gasteiger charge is 2.38. The normalized spacial score (nSPS) is 17.2. The smallest absolute Gasteiger partial charge is 0.203 e. The average Bonchev–Trinajstić information content (AvgIpc) is 2.33. The molecule has 0 radical (unpaired) electrons. The van der Waals surface area contributed by atoms with E-state index in [1.807, 2.05) is 12.1 Å². The van der Waals surface area contributed by atoms with Crippen LogP contribution in [0.2, 0.25) is 0 Å². The van der Waals surface area contributed by atoms with Crippen molar-refractivity contribution >= 4 is 12.6 Å². The second-order valence-electron chi connectivity index (χ2n) is 3.94. The number of rotatable bonds is 4. The molecule has 1 saturated heterocycles. The maximum absolute atomic E-state index is 5.30. The van der Waals surface area contributed by atoms with Crippen molar-refractivity contribution in [2.24, 2.45) is 0 Å². The molecule has 0 aliphatic carbocycles. The molecule has 1 fully saturated rings. The lowest BCUT2D eigenvalue weighted by molar-refractivity contribution is -0.00985. The third-order valence-electron chi connectivity index (χ3n) is 2.88. The van der Waals surface area contributed by atoms with Crippen molar-refractivity contribution in [1.82, 2.24) is 0 Å². The van der Waals surface area contributed by atoms with Gasteiger partial charge in [-0.25, -0.2) is 0 Å². The number of methoxy groups -OCH3 is 3. The molecule has 94 valence electrons. The monoisotopic (exact) mass is 256 g/mol. The molecule has 1 aromatic carbocycles. The van der Waals surface area contributed by atoms with Crippen molar-refractivity contribution in [3.05, 3.63) is 17.7 Å². The van der Waals surface area contributed by atoms with Gasteiger partial charge in [0.2, 0.25) is 5.75 Å². The highest BCUT2D eigenvalue weighted by atomic mass is 32.1. The second kappa shape index (κ2) is 4.66. The molecule has 0 amide bonds. The molecule has 0 bridgehead atoms. The molecular weight excluding hydrogens is 240 g/mol. The summed E-state index contributed by atoms with van der Waals surface area (Å²) in [5, 5.41) is 0. The summed E-state index contributed by atoms with van der Waals surface area (Å²) in [5.41, 5.74) is 1.02. The van der Waals surface area contributed by atoms with Gasteiger partial charge in [0.15, 0.2) is 11.5 Å². The average molecular weight is 256 g/mol. The summed E-state index contributed by atoms with van der Waals surface area (Å²) < 4.78 is 20.8. The minimum atomic E-state index is -0.257. The van der Waals surface area contributed by atoms with Crippen LogP contribution in [0.1, 0.15) is 5.56 Å². The first-order chi connectivity index (χ1) is 8.14. The van der Waals surface area contributed by atoms with Crippen molar-refractivity contribution in [3.8, 4) is 17.2 Å². The summed E-state index contributed by atoms with van der Waals surface area (Å²) in [7, 11) is 4.79. The van der Waals surface area contributed by atoms with Gasteiger partial charge >= 0.3 is 0 Å². The third-order valence-corrected chi connectivity index (χ3v) is 3.40. The first-order valence-electron chi connectivity index (χ1n) is 5.25. The first kappa shape index (κ1) is 12.4. The van der Waals surface area contributed by atoms with E-state index in [0.29, 0.717) is 30.5 Å². The summed E-state index contributed by atoms with van der Waals surface area (Å²) in [6.45, 7) is 1.18. The summed E-state index contributed by atoms with van der Waals surface area (Å²) in [4.78, 5) is 0. The van der Waals surface area contributed by atoms with E-state index in [-0.39, 0.29) is 4.75 Å². The highest BCUT2D eigenvalue weighted by Crippen LogP contribution is 2.44. The fourth-order valence-corrected chi connectivity index (χ4v) is 2.12. The van der Waals surface area contributed by atoms with Crippen molar-refractivity contribution in [1.29, 1.82) is 0 Å². The van der Waals surface area contributed by atoms with Gasteiger partial charge < -0.3 is 18.9 Å². The molecule has 1 aliphatic rings. The molecule has 0 atom stereocenters. The van der Waals surface area contributed by atoms with Crippen molar-refractivity contribution in [2.45, 2.75) is 4.75 Å². The first-order valence-corrected chi connectivity index (χ1v) is 5.70. The molecule has 0 spiro atoms. The fraction of sp³-hybridized carbons (Fsp3) is 0.500. The van der Waals surface area contributed by atoms with Crippen LogP contribution < -0.4 is 14.2 Å². The Labute approximate surface area is 106 Å². The Balaban J connectivity index is 2.48. The highest BCUT2D eigenvalue weighted by molar-refractivity contribution is 7.81. The van der Waals surface area contributed by atoms with Gasteiger partial charge in [0.05, 0.1) is 39.3 Å². The van der Waals surface area contributed by atoms with Crippen LogP contribution in [0.15, 0.2) is 12.1 Å². The maximum Gasteiger partial charge on any atom is 0.203 e. The Kier molecular flexibility index (Phi) is 3.40. The van der Waals surface area contributed by atoms with E-state index in [0.717, 1.165) is 5.56 Å². The Hall–Kier alpha value is -1.07. The number of thiol groups is 1. The van der Waals surface area contributed by atoms with Gasteiger partial charge in [-0.05, 0) is 17.7 Å². The summed E-state index contributed by atoms with van der Waals surface area (Å²) in [6, 6.07) is 3.83. The zero-order valence-corrected chi connectivity index (χ0v) is 11.0. The standard InChI is InChI=1S/C12H16O4S/c1-13-9-4-8(12(17)6-16-7-12)5-10(14-2)11(9)15-3/h4-5,17H,6-7H2,1-3H3. The van der Waals surface area contributed by atoms with E-state index in [1.165, 1.54) is 0 Å². The number of hydrogen-bond donors (Lipinski definition) is 1. The van der Waals surface area contributed by atoms with E-state index < -0.39 is 0 Å². The minimum absolute atomic E-state index is 0.257. The minimum Gasteiger partial charge on any atom is -0.493 e. The van der Waals surface area contributed by atoms with E-state index in [4.69, 9.17) is 18.9 Å². The van der Waals surface area contributed by atoms with E-state index in [2.05, 4.69) is 12.6 Å². The molecule has 0 unspecified atom stereocenters. The van der Waals surface area contributed by atoms with E-state index >= 15 is 0 Å². The van der Waals surface area contributed by atoms with Crippen LogP contribution in [0.3, 0.4) is 0 Å². The topological polar surface area (TPSA) is 36.9 Å². The van der Waals surface area contributed by atoms with Gasteiger partial charge in [0.1, 0.15) is 0 Å². The van der Waals surface area contributed by atoms with E-state index in [1.54, 1.807) is 21.3 Å². The summed E-state index contributed by atoms with van der Waals surface area (Å²) >= 11 is 4.62.